The summed E-state index contributed by atoms with van der Waals surface area (Å²) in [5.74, 6) is -1.09. The molecule has 21 heavy (non-hydrogen) atoms. The Balaban J connectivity index is 1.72. The Hall–Kier alpha value is -1.73. The predicted molar refractivity (Wildman–Crippen MR) is 74.7 cm³/mol. The number of fused-ring (bicyclic) bond motifs is 1. The topological polar surface area (TPSA) is 97.5 Å². The first-order valence-electron chi connectivity index (χ1n) is 6.81. The number of nitrogens with zero attached hydrogens (tertiary/aromatic N) is 1. The Morgan fingerprint density at radius 2 is 1.86 bits per heavy atom. The summed E-state index contributed by atoms with van der Waals surface area (Å²) >= 11 is 0. The van der Waals surface area contributed by atoms with Crippen molar-refractivity contribution in [3.05, 3.63) is 29.8 Å². The second-order valence-corrected chi connectivity index (χ2v) is 7.56. The van der Waals surface area contributed by atoms with Crippen molar-refractivity contribution in [1.29, 1.82) is 0 Å². The van der Waals surface area contributed by atoms with Crippen molar-refractivity contribution >= 4 is 21.7 Å². The number of imide groups is 1. The van der Waals surface area contributed by atoms with Crippen LogP contribution in [0.3, 0.4) is 0 Å². The predicted octanol–water partition coefficient (Wildman–Crippen LogP) is -0.0761. The van der Waals surface area contributed by atoms with Crippen molar-refractivity contribution in [2.75, 3.05) is 12.3 Å². The second kappa shape index (κ2) is 4.92. The van der Waals surface area contributed by atoms with Gasteiger partial charge in [0.15, 0.2) is 9.84 Å². The minimum atomic E-state index is -3.53. The molecule has 0 bridgehead atoms. The van der Waals surface area contributed by atoms with Gasteiger partial charge in [-0.2, -0.15) is 0 Å². The molecule has 1 aliphatic heterocycles. The number of nitrogens with two attached hydrogens (primary N) is 1. The Bertz CT molecular complexity index is 693. The number of carbonyl (C=O) groups is 2. The fourth-order valence-electron chi connectivity index (χ4n) is 2.67. The van der Waals surface area contributed by atoms with Crippen LogP contribution in [0.1, 0.15) is 12.0 Å². The minimum absolute atomic E-state index is 0.0696. The maximum absolute atomic E-state index is 12.3. The number of rotatable bonds is 5. The van der Waals surface area contributed by atoms with Gasteiger partial charge < -0.3 is 5.73 Å². The molecule has 1 aromatic rings. The van der Waals surface area contributed by atoms with E-state index in [9.17, 15) is 18.0 Å². The van der Waals surface area contributed by atoms with Gasteiger partial charge in [0.05, 0.1) is 22.5 Å². The summed E-state index contributed by atoms with van der Waals surface area (Å²) in [6.07, 6.45) is 0.624. The SMILES string of the molecule is NCc1cccc(S(=O)(=O)CCN2C(=O)C3CC3C2=O)c1. The largest absolute Gasteiger partial charge is 0.326 e. The van der Waals surface area contributed by atoms with Crippen molar-refractivity contribution < 1.29 is 18.0 Å². The lowest BCUT2D eigenvalue weighted by molar-refractivity contribution is -0.140. The van der Waals surface area contributed by atoms with Gasteiger partial charge >= 0.3 is 0 Å². The number of sulfone groups is 1. The molecule has 2 aliphatic rings. The molecule has 2 unspecified atom stereocenters. The standard InChI is InChI=1S/C14H16N2O4S/c15-8-9-2-1-3-10(6-9)21(19,20)5-4-16-13(17)11-7-12(11)14(16)18/h1-3,6,11-12H,4-5,7-8,15H2. The smallest absolute Gasteiger partial charge is 0.233 e. The first-order chi connectivity index (χ1) is 9.94. The van der Waals surface area contributed by atoms with Gasteiger partial charge in [-0.3, -0.25) is 14.5 Å². The second-order valence-electron chi connectivity index (χ2n) is 5.45. The fraction of sp³-hybridized carbons (Fsp3) is 0.429. The third-order valence-corrected chi connectivity index (χ3v) is 5.73. The number of carbonyl (C=O) groups excluding carboxylic acids is 2. The van der Waals surface area contributed by atoms with Crippen LogP contribution in [0.4, 0.5) is 0 Å². The molecular formula is C14H16N2O4S. The lowest BCUT2D eigenvalue weighted by Crippen LogP contribution is -2.36. The van der Waals surface area contributed by atoms with E-state index in [1.807, 2.05) is 0 Å². The highest BCUT2D eigenvalue weighted by Gasteiger charge is 2.58. The van der Waals surface area contributed by atoms with Crippen molar-refractivity contribution in [3.8, 4) is 0 Å². The first-order valence-corrected chi connectivity index (χ1v) is 8.46. The molecule has 2 fully saturated rings. The van der Waals surface area contributed by atoms with Crippen molar-refractivity contribution in [2.24, 2.45) is 17.6 Å². The zero-order valence-electron chi connectivity index (χ0n) is 11.4. The quantitative estimate of drug-likeness (QED) is 0.768. The van der Waals surface area contributed by atoms with Gasteiger partial charge in [-0.1, -0.05) is 12.1 Å². The van der Waals surface area contributed by atoms with Crippen LogP contribution < -0.4 is 5.73 Å². The average Bonchev–Trinajstić information content (AvgIpc) is 3.23. The average molecular weight is 308 g/mol. The van der Waals surface area contributed by atoms with Gasteiger partial charge in [-0.05, 0) is 24.1 Å². The number of benzene rings is 1. The van der Waals surface area contributed by atoms with E-state index in [0.717, 1.165) is 10.5 Å². The van der Waals surface area contributed by atoms with E-state index in [1.165, 1.54) is 12.1 Å². The van der Waals surface area contributed by atoms with E-state index in [2.05, 4.69) is 0 Å². The zero-order valence-corrected chi connectivity index (χ0v) is 12.2. The van der Waals surface area contributed by atoms with Crippen molar-refractivity contribution in [3.63, 3.8) is 0 Å². The summed E-state index contributed by atoms with van der Waals surface area (Å²) < 4.78 is 24.5. The minimum Gasteiger partial charge on any atom is -0.326 e. The number of likely N-dealkylation sites (tertiary alicyclic amines) is 1. The molecule has 0 spiro atoms. The number of hydrogen-bond donors (Lipinski definition) is 1. The normalized spacial score (nSPS) is 24.3. The molecule has 1 heterocycles. The Labute approximate surface area is 122 Å². The Morgan fingerprint density at radius 1 is 1.19 bits per heavy atom. The lowest BCUT2D eigenvalue weighted by atomic mass is 10.2. The van der Waals surface area contributed by atoms with E-state index in [1.54, 1.807) is 12.1 Å². The van der Waals surface area contributed by atoms with Crippen LogP contribution >= 0.6 is 0 Å². The molecular weight excluding hydrogens is 292 g/mol. The molecule has 112 valence electrons. The summed E-state index contributed by atoms with van der Waals surface area (Å²) in [7, 11) is -3.53. The van der Waals surface area contributed by atoms with Crippen LogP contribution in [0.15, 0.2) is 29.2 Å². The summed E-state index contributed by atoms with van der Waals surface area (Å²) in [5.41, 5.74) is 6.23. The van der Waals surface area contributed by atoms with Crippen LogP contribution in [-0.4, -0.2) is 37.4 Å². The van der Waals surface area contributed by atoms with Gasteiger partial charge in [-0.25, -0.2) is 8.42 Å². The highest BCUT2D eigenvalue weighted by molar-refractivity contribution is 7.91. The van der Waals surface area contributed by atoms with Crippen LogP contribution in [0, 0.1) is 11.8 Å². The fourth-order valence-corrected chi connectivity index (χ4v) is 3.94. The number of hydrogen-bond acceptors (Lipinski definition) is 5. The van der Waals surface area contributed by atoms with E-state index in [-0.39, 0.29) is 47.4 Å². The van der Waals surface area contributed by atoms with Crippen LogP contribution in [0.25, 0.3) is 0 Å². The Morgan fingerprint density at radius 3 is 2.48 bits per heavy atom. The van der Waals surface area contributed by atoms with E-state index in [0.29, 0.717) is 6.42 Å². The van der Waals surface area contributed by atoms with Gasteiger partial charge in [0.2, 0.25) is 11.8 Å². The first kappa shape index (κ1) is 14.2. The number of amides is 2. The molecule has 7 heteroatoms. The molecule has 2 atom stereocenters. The molecule has 2 N–H and O–H groups in total. The van der Waals surface area contributed by atoms with Gasteiger partial charge in [0.1, 0.15) is 0 Å². The monoisotopic (exact) mass is 308 g/mol. The van der Waals surface area contributed by atoms with Gasteiger partial charge in [0, 0.05) is 13.1 Å². The maximum Gasteiger partial charge on any atom is 0.233 e. The molecule has 1 aromatic carbocycles. The molecule has 0 radical (unpaired) electrons. The molecule has 1 saturated carbocycles. The lowest BCUT2D eigenvalue weighted by Gasteiger charge is -2.16. The summed E-state index contributed by atoms with van der Waals surface area (Å²) in [4.78, 5) is 24.9. The van der Waals surface area contributed by atoms with E-state index >= 15 is 0 Å². The Kier molecular flexibility index (Phi) is 3.33. The third-order valence-electron chi connectivity index (χ3n) is 4.03. The van der Waals surface area contributed by atoms with Crippen molar-refractivity contribution in [1.82, 2.24) is 4.90 Å². The van der Waals surface area contributed by atoms with Gasteiger partial charge in [0.25, 0.3) is 0 Å². The molecule has 6 nitrogen and oxygen atoms in total. The van der Waals surface area contributed by atoms with E-state index in [4.69, 9.17) is 5.73 Å². The van der Waals surface area contributed by atoms with Gasteiger partial charge in [-0.15, -0.1) is 0 Å². The highest BCUT2D eigenvalue weighted by atomic mass is 32.2. The molecule has 0 aromatic heterocycles. The summed E-state index contributed by atoms with van der Waals surface area (Å²) in [5, 5.41) is 0. The highest BCUT2D eigenvalue weighted by Crippen LogP contribution is 2.46. The van der Waals surface area contributed by atoms with Crippen LogP contribution in [0.2, 0.25) is 0 Å². The molecule has 3 rings (SSSR count). The third kappa shape index (κ3) is 2.47. The summed E-state index contributed by atoms with van der Waals surface area (Å²) in [6, 6.07) is 6.41. The molecule has 1 aliphatic carbocycles. The molecule has 2 amide bonds. The maximum atomic E-state index is 12.3. The number of piperidine rings is 1. The van der Waals surface area contributed by atoms with Crippen molar-refractivity contribution in [2.45, 2.75) is 17.9 Å². The van der Waals surface area contributed by atoms with E-state index < -0.39 is 9.84 Å². The zero-order chi connectivity index (χ0) is 15.2. The van der Waals surface area contributed by atoms with Crippen LogP contribution in [-0.2, 0) is 26.0 Å². The van der Waals surface area contributed by atoms with Crippen LogP contribution in [0.5, 0.6) is 0 Å². The molecule has 1 saturated heterocycles. The summed E-state index contributed by atoms with van der Waals surface area (Å²) in [6.45, 7) is 0.190.